The van der Waals surface area contributed by atoms with Crippen LogP contribution in [0.2, 0.25) is 0 Å². The molecule has 0 saturated carbocycles. The van der Waals surface area contributed by atoms with Gasteiger partial charge in [0.15, 0.2) is 0 Å². The first-order valence-electron chi connectivity index (χ1n) is 7.17. The predicted molar refractivity (Wildman–Crippen MR) is 80.2 cm³/mol. The number of hydrogen-bond donors (Lipinski definition) is 1. The second-order valence-electron chi connectivity index (χ2n) is 5.58. The number of rotatable bonds is 5. The van der Waals surface area contributed by atoms with E-state index in [-0.39, 0.29) is 10.6 Å². The molecule has 2 heterocycles. The highest BCUT2D eigenvalue weighted by Crippen LogP contribution is 2.33. The lowest BCUT2D eigenvalue weighted by atomic mass is 10.0. The van der Waals surface area contributed by atoms with Gasteiger partial charge in [-0.25, -0.2) is 4.98 Å². The topological polar surface area (TPSA) is 71.3 Å². The van der Waals surface area contributed by atoms with E-state index in [0.29, 0.717) is 23.5 Å². The highest BCUT2D eigenvalue weighted by atomic mass is 16.6. The summed E-state index contributed by atoms with van der Waals surface area (Å²) in [6.07, 6.45) is 0.992. The van der Waals surface area contributed by atoms with Crippen molar-refractivity contribution in [1.82, 2.24) is 4.98 Å². The van der Waals surface area contributed by atoms with Gasteiger partial charge in [0, 0.05) is 25.7 Å². The quantitative estimate of drug-likeness (QED) is 0.662. The van der Waals surface area contributed by atoms with Crippen molar-refractivity contribution in [2.24, 2.45) is 11.8 Å². The SMILES string of the molecule is CCCNc1ccc([N+](=O)[O-])c(N2CC(C)C(C)C2)n1. The van der Waals surface area contributed by atoms with Crippen LogP contribution < -0.4 is 10.2 Å². The molecule has 1 saturated heterocycles. The van der Waals surface area contributed by atoms with Gasteiger partial charge in [-0.3, -0.25) is 10.1 Å². The number of pyridine rings is 1. The Morgan fingerprint density at radius 1 is 1.40 bits per heavy atom. The minimum Gasteiger partial charge on any atom is -0.370 e. The van der Waals surface area contributed by atoms with Gasteiger partial charge in [0.05, 0.1) is 4.92 Å². The molecule has 1 fully saturated rings. The Balaban J connectivity index is 2.30. The standard InChI is InChI=1S/C14H22N4O2/c1-4-7-15-13-6-5-12(18(19)20)14(16-13)17-8-10(2)11(3)9-17/h5-6,10-11H,4,7-9H2,1-3H3,(H,15,16). The fourth-order valence-electron chi connectivity index (χ4n) is 2.47. The van der Waals surface area contributed by atoms with Crippen LogP contribution in [0.15, 0.2) is 12.1 Å². The molecular formula is C14H22N4O2. The highest BCUT2D eigenvalue weighted by molar-refractivity contribution is 5.62. The van der Waals surface area contributed by atoms with E-state index in [1.807, 2.05) is 4.90 Å². The molecular weight excluding hydrogens is 256 g/mol. The molecule has 2 unspecified atom stereocenters. The van der Waals surface area contributed by atoms with Gasteiger partial charge < -0.3 is 10.2 Å². The molecule has 1 aromatic rings. The minimum atomic E-state index is -0.348. The lowest BCUT2D eigenvalue weighted by Crippen LogP contribution is -2.22. The molecule has 0 amide bonds. The number of nitro groups is 1. The van der Waals surface area contributed by atoms with Gasteiger partial charge in [-0.15, -0.1) is 0 Å². The first-order valence-corrected chi connectivity index (χ1v) is 7.17. The van der Waals surface area contributed by atoms with Crippen molar-refractivity contribution in [3.05, 3.63) is 22.2 Å². The molecule has 1 aromatic heterocycles. The van der Waals surface area contributed by atoms with Crippen LogP contribution in [0, 0.1) is 22.0 Å². The normalized spacial score (nSPS) is 22.1. The van der Waals surface area contributed by atoms with Crippen LogP contribution in [0.4, 0.5) is 17.3 Å². The van der Waals surface area contributed by atoms with E-state index in [0.717, 1.165) is 26.1 Å². The average molecular weight is 278 g/mol. The molecule has 1 N–H and O–H groups in total. The van der Waals surface area contributed by atoms with Gasteiger partial charge in [-0.1, -0.05) is 20.8 Å². The summed E-state index contributed by atoms with van der Waals surface area (Å²) in [5.41, 5.74) is 0.0911. The largest absolute Gasteiger partial charge is 0.370 e. The first-order chi connectivity index (χ1) is 9.52. The van der Waals surface area contributed by atoms with Gasteiger partial charge in [-0.05, 0) is 24.3 Å². The summed E-state index contributed by atoms with van der Waals surface area (Å²) < 4.78 is 0. The van der Waals surface area contributed by atoms with E-state index in [1.165, 1.54) is 0 Å². The van der Waals surface area contributed by atoms with E-state index in [9.17, 15) is 10.1 Å². The summed E-state index contributed by atoms with van der Waals surface area (Å²) in [6.45, 7) is 8.89. The van der Waals surface area contributed by atoms with Gasteiger partial charge >= 0.3 is 5.69 Å². The molecule has 20 heavy (non-hydrogen) atoms. The first kappa shape index (κ1) is 14.6. The molecule has 0 aliphatic carbocycles. The Kier molecular flexibility index (Phi) is 4.42. The van der Waals surface area contributed by atoms with E-state index in [4.69, 9.17) is 0 Å². The van der Waals surface area contributed by atoms with Crippen molar-refractivity contribution < 1.29 is 4.92 Å². The zero-order valence-electron chi connectivity index (χ0n) is 12.3. The van der Waals surface area contributed by atoms with Gasteiger partial charge in [0.1, 0.15) is 5.82 Å². The van der Waals surface area contributed by atoms with E-state index >= 15 is 0 Å². The van der Waals surface area contributed by atoms with E-state index < -0.39 is 0 Å². The van der Waals surface area contributed by atoms with Crippen LogP contribution in [0.5, 0.6) is 0 Å². The van der Waals surface area contributed by atoms with Crippen LogP contribution in [-0.2, 0) is 0 Å². The van der Waals surface area contributed by atoms with Crippen molar-refractivity contribution in [3.8, 4) is 0 Å². The maximum Gasteiger partial charge on any atom is 0.311 e. The van der Waals surface area contributed by atoms with Crippen LogP contribution in [0.3, 0.4) is 0 Å². The molecule has 0 bridgehead atoms. The molecule has 2 rings (SSSR count). The van der Waals surface area contributed by atoms with Crippen LogP contribution >= 0.6 is 0 Å². The molecule has 1 aliphatic heterocycles. The number of nitrogens with one attached hydrogen (secondary N) is 1. The van der Waals surface area contributed by atoms with Crippen molar-refractivity contribution in [2.75, 3.05) is 29.9 Å². The summed E-state index contributed by atoms with van der Waals surface area (Å²) >= 11 is 0. The fraction of sp³-hybridized carbons (Fsp3) is 0.643. The second kappa shape index (κ2) is 6.07. The molecule has 0 spiro atoms. The summed E-state index contributed by atoms with van der Waals surface area (Å²) in [5, 5.41) is 14.4. The van der Waals surface area contributed by atoms with E-state index in [1.54, 1.807) is 12.1 Å². The highest BCUT2D eigenvalue weighted by Gasteiger charge is 2.31. The summed E-state index contributed by atoms with van der Waals surface area (Å²) in [6, 6.07) is 3.23. The molecule has 6 heteroatoms. The molecule has 0 aromatic carbocycles. The lowest BCUT2D eigenvalue weighted by molar-refractivity contribution is -0.384. The summed E-state index contributed by atoms with van der Waals surface area (Å²) in [4.78, 5) is 17.3. The van der Waals surface area contributed by atoms with Gasteiger partial charge in [-0.2, -0.15) is 0 Å². The Labute approximate surface area is 119 Å². The monoisotopic (exact) mass is 278 g/mol. The average Bonchev–Trinajstić information content (AvgIpc) is 2.76. The number of hydrogen-bond acceptors (Lipinski definition) is 5. The van der Waals surface area contributed by atoms with Crippen molar-refractivity contribution in [2.45, 2.75) is 27.2 Å². The zero-order chi connectivity index (χ0) is 14.7. The zero-order valence-corrected chi connectivity index (χ0v) is 12.3. The van der Waals surface area contributed by atoms with Gasteiger partial charge in [0.25, 0.3) is 0 Å². The predicted octanol–water partition coefficient (Wildman–Crippen LogP) is 2.90. The molecule has 6 nitrogen and oxygen atoms in total. The van der Waals surface area contributed by atoms with Crippen LogP contribution in [-0.4, -0.2) is 29.5 Å². The smallest absolute Gasteiger partial charge is 0.311 e. The third-order valence-corrected chi connectivity index (χ3v) is 3.90. The Morgan fingerprint density at radius 2 is 2.05 bits per heavy atom. The summed E-state index contributed by atoms with van der Waals surface area (Å²) in [5.74, 6) is 2.26. The maximum atomic E-state index is 11.2. The minimum absolute atomic E-state index is 0.0911. The third-order valence-electron chi connectivity index (χ3n) is 3.90. The Hall–Kier alpha value is -1.85. The number of aromatic nitrogens is 1. The van der Waals surface area contributed by atoms with Crippen molar-refractivity contribution in [1.29, 1.82) is 0 Å². The third kappa shape index (κ3) is 3.00. The second-order valence-corrected chi connectivity index (χ2v) is 5.58. The molecule has 2 atom stereocenters. The number of anilines is 2. The molecule has 0 radical (unpaired) electrons. The van der Waals surface area contributed by atoms with E-state index in [2.05, 4.69) is 31.1 Å². The van der Waals surface area contributed by atoms with Crippen LogP contribution in [0.25, 0.3) is 0 Å². The Bertz CT molecular complexity index is 482. The van der Waals surface area contributed by atoms with Gasteiger partial charge in [0.2, 0.25) is 5.82 Å². The van der Waals surface area contributed by atoms with Crippen LogP contribution in [0.1, 0.15) is 27.2 Å². The molecule has 1 aliphatic rings. The molecule has 110 valence electrons. The summed E-state index contributed by atoms with van der Waals surface area (Å²) in [7, 11) is 0. The van der Waals surface area contributed by atoms with Crippen molar-refractivity contribution >= 4 is 17.3 Å². The van der Waals surface area contributed by atoms with Crippen molar-refractivity contribution in [3.63, 3.8) is 0 Å². The number of nitrogens with zero attached hydrogens (tertiary/aromatic N) is 3. The fourth-order valence-corrected chi connectivity index (χ4v) is 2.47. The Morgan fingerprint density at radius 3 is 2.60 bits per heavy atom. The maximum absolute atomic E-state index is 11.2. The lowest BCUT2D eigenvalue weighted by Gasteiger charge is -2.18.